The highest BCUT2D eigenvalue weighted by Gasteiger charge is 2.22. The maximum absolute atomic E-state index is 11.9. The first-order valence-electron chi connectivity index (χ1n) is 12.2. The molecule has 4 rings (SSSR count). The molecule has 1 aromatic heterocycles. The number of hydrogen-bond acceptors (Lipinski definition) is 5. The van der Waals surface area contributed by atoms with E-state index >= 15 is 0 Å². The average Bonchev–Trinajstić information content (AvgIpc) is 2.87. The minimum atomic E-state index is -0.478. The Labute approximate surface area is 202 Å². The van der Waals surface area contributed by atoms with E-state index in [-0.39, 0.29) is 0 Å². The van der Waals surface area contributed by atoms with E-state index in [1.165, 1.54) is 19.3 Å². The Bertz CT molecular complexity index is 1090. The number of hydrogen-bond donors (Lipinski definition) is 1. The molecule has 0 unspecified atom stereocenters. The number of nitrogens with one attached hydrogen (secondary N) is 1. The highest BCUT2D eigenvalue weighted by atomic mass is 16.2. The maximum Gasteiger partial charge on any atom is 0.292 e. The second-order valence-corrected chi connectivity index (χ2v) is 9.21. The summed E-state index contributed by atoms with van der Waals surface area (Å²) in [5, 5.41) is 3.90. The van der Waals surface area contributed by atoms with Gasteiger partial charge in [0, 0.05) is 31.6 Å². The molecule has 0 aliphatic heterocycles. The third-order valence-corrected chi connectivity index (χ3v) is 6.46. The molecule has 0 atom stereocenters. The maximum atomic E-state index is 11.9. The van der Waals surface area contributed by atoms with E-state index in [4.69, 9.17) is 0 Å². The fraction of sp³-hybridized carbons (Fsp3) is 0.429. The second-order valence-electron chi connectivity index (χ2n) is 9.21. The zero-order valence-corrected chi connectivity index (χ0v) is 20.8. The topological polar surface area (TPSA) is 75.2 Å². The number of rotatable bonds is 6. The van der Waals surface area contributed by atoms with Gasteiger partial charge in [-0.3, -0.25) is 9.59 Å². The molecule has 1 N–H and O–H groups in total. The lowest BCUT2D eigenvalue weighted by Gasteiger charge is -2.27. The van der Waals surface area contributed by atoms with E-state index in [0.29, 0.717) is 18.0 Å². The van der Waals surface area contributed by atoms with Gasteiger partial charge in [-0.25, -0.2) is 9.97 Å². The molecule has 34 heavy (non-hydrogen) atoms. The van der Waals surface area contributed by atoms with Crippen molar-refractivity contribution < 1.29 is 9.59 Å². The van der Waals surface area contributed by atoms with Crippen LogP contribution in [0.2, 0.25) is 0 Å². The van der Waals surface area contributed by atoms with Crippen LogP contribution in [0.1, 0.15) is 55.2 Å². The summed E-state index contributed by atoms with van der Waals surface area (Å²) < 4.78 is 0. The predicted octanol–water partition coefficient (Wildman–Crippen LogP) is 5.21. The van der Waals surface area contributed by atoms with Crippen molar-refractivity contribution in [2.75, 3.05) is 25.5 Å². The Morgan fingerprint density at radius 2 is 1.53 bits per heavy atom. The quantitative estimate of drug-likeness (QED) is 0.404. The van der Waals surface area contributed by atoms with Gasteiger partial charge in [0.05, 0.1) is 5.52 Å². The first kappa shape index (κ1) is 25.3. The minimum Gasteiger partial charge on any atom is -0.362 e. The Morgan fingerprint density at radius 3 is 2.18 bits per heavy atom. The van der Waals surface area contributed by atoms with Crippen LogP contribution >= 0.6 is 0 Å². The molecule has 180 valence electrons. The van der Waals surface area contributed by atoms with E-state index in [0.717, 1.165) is 41.3 Å². The minimum absolute atomic E-state index is 0.437. The molecular formula is C28H36N4O2. The first-order valence-corrected chi connectivity index (χ1v) is 12.2. The Morgan fingerprint density at radius 1 is 0.912 bits per heavy atom. The Kier molecular flexibility index (Phi) is 9.14. The van der Waals surface area contributed by atoms with Gasteiger partial charge in [-0.05, 0) is 43.7 Å². The molecule has 1 fully saturated rings. The molecule has 1 saturated carbocycles. The number of anilines is 1. The lowest BCUT2D eigenvalue weighted by Crippen LogP contribution is -2.35. The zero-order chi connectivity index (χ0) is 24.5. The van der Waals surface area contributed by atoms with Crippen molar-refractivity contribution in [3.63, 3.8) is 0 Å². The van der Waals surface area contributed by atoms with Gasteiger partial charge in [0.2, 0.25) is 5.78 Å². The van der Waals surface area contributed by atoms with Crippen LogP contribution in [0.4, 0.5) is 5.82 Å². The number of para-hydroxylation sites is 1. The van der Waals surface area contributed by atoms with Crippen LogP contribution in [0.15, 0.2) is 54.6 Å². The summed E-state index contributed by atoms with van der Waals surface area (Å²) in [7, 11) is 3.99. The van der Waals surface area contributed by atoms with Gasteiger partial charge in [-0.15, -0.1) is 0 Å². The van der Waals surface area contributed by atoms with Crippen LogP contribution in [0.5, 0.6) is 0 Å². The van der Waals surface area contributed by atoms with E-state index in [1.807, 2.05) is 56.3 Å². The standard InChI is InChI=1S/C17H23NO2.C11H13N3/c1-2-13-8-10-14(11-9-13)12-18-17(20)16(19)15-6-4-3-5-7-15;1-8-12-10-7-5-4-6-9(10)11(13-8)14(2)3/h3-7,13-14H,2,8-12H2,1H3,(H,18,20);4-7H,1-3H3. The SMILES string of the molecule is CCC1CCC(CNC(=O)C(=O)c2ccccc2)CC1.Cc1nc(N(C)C)c2ccccc2n1. The van der Waals surface area contributed by atoms with Crippen molar-refractivity contribution in [1.29, 1.82) is 0 Å². The summed E-state index contributed by atoms with van der Waals surface area (Å²) >= 11 is 0. The van der Waals surface area contributed by atoms with Gasteiger partial charge in [-0.1, -0.05) is 68.7 Å². The molecule has 1 aliphatic rings. The van der Waals surface area contributed by atoms with Crippen LogP contribution in [0.3, 0.4) is 0 Å². The molecule has 0 bridgehead atoms. The third kappa shape index (κ3) is 6.86. The van der Waals surface area contributed by atoms with Crippen LogP contribution < -0.4 is 10.2 Å². The molecule has 3 aromatic rings. The molecule has 0 radical (unpaired) electrons. The number of carbonyl (C=O) groups is 2. The number of nitrogens with zero attached hydrogens (tertiary/aromatic N) is 3. The molecule has 1 amide bonds. The van der Waals surface area contributed by atoms with Crippen LogP contribution in [-0.2, 0) is 4.79 Å². The lowest BCUT2D eigenvalue weighted by atomic mass is 9.81. The first-order chi connectivity index (χ1) is 16.4. The number of aromatic nitrogens is 2. The summed E-state index contributed by atoms with van der Waals surface area (Å²) in [4.78, 5) is 34.6. The van der Waals surface area contributed by atoms with Crippen molar-refractivity contribution in [3.8, 4) is 0 Å². The van der Waals surface area contributed by atoms with Crippen LogP contribution in [0, 0.1) is 18.8 Å². The fourth-order valence-corrected chi connectivity index (χ4v) is 4.40. The average molecular weight is 461 g/mol. The second kappa shape index (κ2) is 12.3. The molecule has 2 aromatic carbocycles. The van der Waals surface area contributed by atoms with E-state index < -0.39 is 11.7 Å². The van der Waals surface area contributed by atoms with Crippen molar-refractivity contribution >= 4 is 28.4 Å². The summed E-state index contributed by atoms with van der Waals surface area (Å²) in [6.07, 6.45) is 6.09. The van der Waals surface area contributed by atoms with E-state index in [9.17, 15) is 9.59 Å². The number of carbonyl (C=O) groups excluding carboxylic acids is 2. The number of aryl methyl sites for hydroxylation is 1. The van der Waals surface area contributed by atoms with Gasteiger partial charge >= 0.3 is 0 Å². The molecule has 1 heterocycles. The molecule has 6 heteroatoms. The van der Waals surface area contributed by atoms with E-state index in [1.54, 1.807) is 24.3 Å². The van der Waals surface area contributed by atoms with Crippen LogP contribution in [-0.4, -0.2) is 42.3 Å². The summed E-state index contributed by atoms with van der Waals surface area (Å²) in [6, 6.07) is 16.8. The number of ketones is 1. The Hall–Kier alpha value is -3.28. The number of fused-ring (bicyclic) bond motifs is 1. The molecular weight excluding hydrogens is 424 g/mol. The molecule has 0 saturated heterocycles. The highest BCUT2D eigenvalue weighted by Crippen LogP contribution is 2.30. The van der Waals surface area contributed by atoms with Gasteiger partial charge in [0.1, 0.15) is 11.6 Å². The summed E-state index contributed by atoms with van der Waals surface area (Å²) in [6.45, 7) is 4.79. The number of Topliss-reactive ketones (excluding diaryl/α,β-unsaturated/α-hetero) is 1. The summed E-state index contributed by atoms with van der Waals surface area (Å²) in [5.41, 5.74) is 1.46. The Balaban J connectivity index is 0.000000202. The number of benzene rings is 2. The smallest absolute Gasteiger partial charge is 0.292 e. The van der Waals surface area contributed by atoms with E-state index in [2.05, 4.69) is 22.2 Å². The summed E-state index contributed by atoms with van der Waals surface area (Å²) in [5.74, 6) is 2.26. The molecule has 1 aliphatic carbocycles. The van der Waals surface area contributed by atoms with Crippen molar-refractivity contribution in [2.24, 2.45) is 11.8 Å². The van der Waals surface area contributed by atoms with Crippen LogP contribution in [0.25, 0.3) is 10.9 Å². The number of amides is 1. The zero-order valence-electron chi connectivity index (χ0n) is 20.8. The van der Waals surface area contributed by atoms with Gasteiger partial charge in [0.25, 0.3) is 5.91 Å². The highest BCUT2D eigenvalue weighted by molar-refractivity contribution is 6.42. The van der Waals surface area contributed by atoms with Crippen molar-refractivity contribution in [2.45, 2.75) is 46.0 Å². The fourth-order valence-electron chi connectivity index (χ4n) is 4.40. The predicted molar refractivity (Wildman–Crippen MR) is 138 cm³/mol. The van der Waals surface area contributed by atoms with Crippen molar-refractivity contribution in [3.05, 3.63) is 66.0 Å². The molecule has 0 spiro atoms. The monoisotopic (exact) mass is 460 g/mol. The normalized spacial score (nSPS) is 17.4. The van der Waals surface area contributed by atoms with Gasteiger partial charge < -0.3 is 10.2 Å². The van der Waals surface area contributed by atoms with Gasteiger partial charge in [-0.2, -0.15) is 0 Å². The molecule has 6 nitrogen and oxygen atoms in total. The largest absolute Gasteiger partial charge is 0.362 e. The lowest BCUT2D eigenvalue weighted by molar-refractivity contribution is -0.117. The van der Waals surface area contributed by atoms with Crippen molar-refractivity contribution in [1.82, 2.24) is 15.3 Å². The van der Waals surface area contributed by atoms with Gasteiger partial charge in [0.15, 0.2) is 0 Å². The third-order valence-electron chi connectivity index (χ3n) is 6.46.